The van der Waals surface area contributed by atoms with Gasteiger partial charge in [-0.1, -0.05) is 30.3 Å². The average Bonchev–Trinajstić information content (AvgIpc) is 3.40. The number of rotatable bonds is 9. The highest BCUT2D eigenvalue weighted by atomic mass is 32.1. The molecule has 0 aliphatic heterocycles. The van der Waals surface area contributed by atoms with E-state index in [0.717, 1.165) is 0 Å². The molecule has 8 nitrogen and oxygen atoms in total. The number of anilines is 1. The molecule has 0 aliphatic carbocycles. The SMILES string of the molecule is COc1ccc([C@@H](C(=O)NC(C)(C)C)N(C(=O)CNC(=O)c2cccs2)c2ccccc2)cc1OC. The first kappa shape index (κ1) is 26.7. The maximum Gasteiger partial charge on any atom is 0.261 e. The predicted octanol–water partition coefficient (Wildman–Crippen LogP) is 4.18. The van der Waals surface area contributed by atoms with Crippen LogP contribution in [-0.4, -0.2) is 44.0 Å². The van der Waals surface area contributed by atoms with Crippen LogP contribution in [0.5, 0.6) is 11.5 Å². The van der Waals surface area contributed by atoms with Crippen LogP contribution in [0, 0.1) is 0 Å². The fourth-order valence-electron chi connectivity index (χ4n) is 3.64. The molecule has 0 saturated heterocycles. The maximum absolute atomic E-state index is 13.7. The zero-order valence-corrected chi connectivity index (χ0v) is 21.8. The standard InChI is InChI=1S/C27H31N3O5S/c1-27(2,3)29-26(33)24(18-13-14-20(34-4)21(16-18)35-5)30(19-10-7-6-8-11-19)23(31)17-28-25(32)22-12-9-15-36-22/h6-16,24H,17H2,1-5H3,(H,28,32)(H,29,33)/t24-/m0/s1. The quantitative estimate of drug-likeness (QED) is 0.451. The number of nitrogens with one attached hydrogen (secondary N) is 2. The van der Waals surface area contributed by atoms with Crippen molar-refractivity contribution in [3.8, 4) is 11.5 Å². The zero-order chi connectivity index (χ0) is 26.3. The lowest BCUT2D eigenvalue weighted by Gasteiger charge is -2.34. The van der Waals surface area contributed by atoms with Crippen LogP contribution in [0.15, 0.2) is 66.0 Å². The van der Waals surface area contributed by atoms with Crippen molar-refractivity contribution in [3.63, 3.8) is 0 Å². The van der Waals surface area contributed by atoms with Crippen LogP contribution < -0.4 is 25.0 Å². The highest BCUT2D eigenvalue weighted by Crippen LogP contribution is 2.34. The van der Waals surface area contributed by atoms with Gasteiger partial charge in [-0.15, -0.1) is 11.3 Å². The molecule has 0 spiro atoms. The first-order valence-corrected chi connectivity index (χ1v) is 12.3. The molecule has 0 radical (unpaired) electrons. The van der Waals surface area contributed by atoms with Gasteiger partial charge < -0.3 is 20.1 Å². The Hall–Kier alpha value is -3.85. The second kappa shape index (κ2) is 11.7. The van der Waals surface area contributed by atoms with Gasteiger partial charge in [0.05, 0.1) is 25.6 Å². The molecule has 3 aromatic rings. The van der Waals surface area contributed by atoms with Crippen molar-refractivity contribution in [2.24, 2.45) is 0 Å². The van der Waals surface area contributed by atoms with E-state index in [1.807, 2.05) is 26.8 Å². The third kappa shape index (κ3) is 6.63. The van der Waals surface area contributed by atoms with Crippen molar-refractivity contribution in [2.75, 3.05) is 25.7 Å². The molecule has 2 N–H and O–H groups in total. The Labute approximate surface area is 215 Å². The van der Waals surface area contributed by atoms with E-state index in [9.17, 15) is 14.4 Å². The molecule has 2 aromatic carbocycles. The molecule has 1 heterocycles. The average molecular weight is 510 g/mol. The van der Waals surface area contributed by atoms with Gasteiger partial charge >= 0.3 is 0 Å². The van der Waals surface area contributed by atoms with Gasteiger partial charge in [-0.3, -0.25) is 19.3 Å². The molecular weight excluding hydrogens is 478 g/mol. The van der Waals surface area contributed by atoms with Gasteiger partial charge in [0.25, 0.3) is 5.91 Å². The van der Waals surface area contributed by atoms with Gasteiger partial charge in [-0.25, -0.2) is 0 Å². The lowest BCUT2D eigenvalue weighted by molar-refractivity contribution is -0.127. The summed E-state index contributed by atoms with van der Waals surface area (Å²) in [6, 6.07) is 16.4. The van der Waals surface area contributed by atoms with Crippen molar-refractivity contribution in [1.82, 2.24) is 10.6 Å². The van der Waals surface area contributed by atoms with Crippen molar-refractivity contribution in [1.29, 1.82) is 0 Å². The number of amides is 3. The summed E-state index contributed by atoms with van der Waals surface area (Å²) in [6.45, 7) is 5.31. The summed E-state index contributed by atoms with van der Waals surface area (Å²) < 4.78 is 10.8. The van der Waals surface area contributed by atoms with Crippen molar-refractivity contribution in [3.05, 3.63) is 76.5 Å². The molecule has 0 saturated carbocycles. The van der Waals surface area contributed by atoms with E-state index in [0.29, 0.717) is 27.6 Å². The maximum atomic E-state index is 13.7. The monoisotopic (exact) mass is 509 g/mol. The van der Waals surface area contributed by atoms with E-state index in [-0.39, 0.29) is 18.4 Å². The Kier molecular flexibility index (Phi) is 8.71. The lowest BCUT2D eigenvalue weighted by atomic mass is 10.00. The van der Waals surface area contributed by atoms with E-state index >= 15 is 0 Å². The molecular formula is C27H31N3O5S. The first-order chi connectivity index (χ1) is 17.1. The molecule has 0 bridgehead atoms. The summed E-state index contributed by atoms with van der Waals surface area (Å²) in [7, 11) is 3.03. The summed E-state index contributed by atoms with van der Waals surface area (Å²) in [5.74, 6) is -0.258. The molecule has 3 amide bonds. The Bertz CT molecular complexity index is 1190. The number of benzene rings is 2. The summed E-state index contributed by atoms with van der Waals surface area (Å²) in [6.07, 6.45) is 0. The largest absolute Gasteiger partial charge is 0.493 e. The number of hydrogen-bond acceptors (Lipinski definition) is 6. The van der Waals surface area contributed by atoms with Crippen molar-refractivity contribution in [2.45, 2.75) is 32.4 Å². The molecule has 3 rings (SSSR count). The van der Waals surface area contributed by atoms with Crippen LogP contribution in [0.25, 0.3) is 0 Å². The molecule has 9 heteroatoms. The van der Waals surface area contributed by atoms with Crippen LogP contribution in [0.2, 0.25) is 0 Å². The Morgan fingerprint density at radius 2 is 1.64 bits per heavy atom. The number of para-hydroxylation sites is 1. The number of thiophene rings is 1. The molecule has 0 aliphatic rings. The van der Waals surface area contributed by atoms with Crippen molar-refractivity contribution >= 4 is 34.7 Å². The minimum Gasteiger partial charge on any atom is -0.493 e. The molecule has 36 heavy (non-hydrogen) atoms. The van der Waals surface area contributed by atoms with Crippen LogP contribution in [-0.2, 0) is 9.59 Å². The molecule has 0 unspecified atom stereocenters. The zero-order valence-electron chi connectivity index (χ0n) is 21.0. The topological polar surface area (TPSA) is 97.0 Å². The molecule has 1 atom stereocenters. The third-order valence-corrected chi connectivity index (χ3v) is 6.04. The van der Waals surface area contributed by atoms with Crippen LogP contribution in [0.3, 0.4) is 0 Å². The van der Waals surface area contributed by atoms with E-state index in [1.54, 1.807) is 60.0 Å². The Morgan fingerprint density at radius 1 is 0.944 bits per heavy atom. The number of hydrogen-bond donors (Lipinski definition) is 2. The molecule has 1 aromatic heterocycles. The second-order valence-electron chi connectivity index (χ2n) is 9.02. The minimum atomic E-state index is -1.04. The summed E-state index contributed by atoms with van der Waals surface area (Å²) >= 11 is 1.28. The van der Waals surface area contributed by atoms with Gasteiger partial charge in [-0.05, 0) is 62.0 Å². The smallest absolute Gasteiger partial charge is 0.261 e. The van der Waals surface area contributed by atoms with E-state index in [1.165, 1.54) is 30.5 Å². The number of nitrogens with zero attached hydrogens (tertiary/aromatic N) is 1. The summed E-state index contributed by atoms with van der Waals surface area (Å²) in [4.78, 5) is 41.8. The molecule has 190 valence electrons. The van der Waals surface area contributed by atoms with E-state index in [2.05, 4.69) is 10.6 Å². The Balaban J connectivity index is 2.05. The van der Waals surface area contributed by atoms with Crippen LogP contribution in [0.4, 0.5) is 5.69 Å². The normalized spacial score (nSPS) is 11.8. The number of methoxy groups -OCH3 is 2. The number of carbonyl (C=O) groups is 3. The van der Waals surface area contributed by atoms with Gasteiger partial charge in [0.15, 0.2) is 11.5 Å². The van der Waals surface area contributed by atoms with E-state index in [4.69, 9.17) is 9.47 Å². The highest BCUT2D eigenvalue weighted by Gasteiger charge is 2.35. The van der Waals surface area contributed by atoms with E-state index < -0.39 is 17.5 Å². The van der Waals surface area contributed by atoms with Gasteiger partial charge in [-0.2, -0.15) is 0 Å². The lowest BCUT2D eigenvalue weighted by Crippen LogP contribution is -2.51. The van der Waals surface area contributed by atoms with Crippen molar-refractivity contribution < 1.29 is 23.9 Å². The Morgan fingerprint density at radius 3 is 2.22 bits per heavy atom. The first-order valence-electron chi connectivity index (χ1n) is 11.4. The van der Waals surface area contributed by atoms with Gasteiger partial charge in [0.2, 0.25) is 11.8 Å². The second-order valence-corrected chi connectivity index (χ2v) is 9.96. The van der Waals surface area contributed by atoms with Crippen LogP contribution in [0.1, 0.15) is 42.0 Å². The number of ether oxygens (including phenoxy) is 2. The van der Waals surface area contributed by atoms with Gasteiger partial charge in [0, 0.05) is 11.2 Å². The highest BCUT2D eigenvalue weighted by molar-refractivity contribution is 7.12. The van der Waals surface area contributed by atoms with Gasteiger partial charge in [0.1, 0.15) is 6.04 Å². The third-order valence-electron chi connectivity index (χ3n) is 5.18. The fourth-order valence-corrected chi connectivity index (χ4v) is 4.28. The van der Waals surface area contributed by atoms with Crippen LogP contribution >= 0.6 is 11.3 Å². The number of carbonyl (C=O) groups excluding carboxylic acids is 3. The fraction of sp³-hybridized carbons (Fsp3) is 0.296. The summed E-state index contributed by atoms with van der Waals surface area (Å²) in [5, 5.41) is 7.45. The minimum absolute atomic E-state index is 0.293. The predicted molar refractivity (Wildman–Crippen MR) is 141 cm³/mol. The summed E-state index contributed by atoms with van der Waals surface area (Å²) in [5.41, 5.74) is 0.484. The molecule has 0 fully saturated rings.